The topological polar surface area (TPSA) is 61.4 Å². The third-order valence-electron chi connectivity index (χ3n) is 4.19. The molecule has 2 rings (SSSR count). The van der Waals surface area contributed by atoms with Gasteiger partial charge in [-0.15, -0.1) is 0 Å². The van der Waals surface area contributed by atoms with Crippen molar-refractivity contribution in [2.24, 2.45) is 0 Å². The standard InChI is InChI=1S/C21H24F3N3O2/c1-4-27(12-19(28)25-16-10-14(2)9-15(3)11-16)13-20(29)26-18-8-6-5-7-17(18)21(22,23)24/h5-11H,4,12-13H2,1-3H3,(H,25,28)(H,26,29). The van der Waals surface area contributed by atoms with Crippen LogP contribution in [0.3, 0.4) is 0 Å². The van der Waals surface area contributed by atoms with Crippen LogP contribution in [0.15, 0.2) is 42.5 Å². The molecule has 0 unspecified atom stereocenters. The van der Waals surface area contributed by atoms with Gasteiger partial charge in [-0.25, -0.2) is 0 Å². The molecule has 0 saturated heterocycles. The average molecular weight is 407 g/mol. The number of para-hydroxylation sites is 1. The predicted molar refractivity (Wildman–Crippen MR) is 107 cm³/mol. The van der Waals surface area contributed by atoms with Crippen molar-refractivity contribution in [3.63, 3.8) is 0 Å². The molecular weight excluding hydrogens is 383 g/mol. The van der Waals surface area contributed by atoms with Gasteiger partial charge in [0.2, 0.25) is 11.8 Å². The molecule has 156 valence electrons. The third-order valence-corrected chi connectivity index (χ3v) is 4.19. The number of rotatable bonds is 7. The molecule has 0 bridgehead atoms. The molecule has 8 heteroatoms. The van der Waals surface area contributed by atoms with E-state index in [-0.39, 0.29) is 24.7 Å². The van der Waals surface area contributed by atoms with E-state index < -0.39 is 17.6 Å². The Hall–Kier alpha value is -2.87. The van der Waals surface area contributed by atoms with Crippen molar-refractivity contribution in [2.45, 2.75) is 26.9 Å². The van der Waals surface area contributed by atoms with Crippen LogP contribution in [0, 0.1) is 13.8 Å². The number of halogens is 3. The number of carbonyl (C=O) groups excluding carboxylic acids is 2. The zero-order valence-corrected chi connectivity index (χ0v) is 16.6. The van der Waals surface area contributed by atoms with E-state index in [4.69, 9.17) is 0 Å². The predicted octanol–water partition coefficient (Wildman–Crippen LogP) is 4.22. The molecular formula is C21H24F3N3O2. The van der Waals surface area contributed by atoms with Crippen molar-refractivity contribution >= 4 is 23.2 Å². The number of nitrogens with one attached hydrogen (secondary N) is 2. The van der Waals surface area contributed by atoms with Gasteiger partial charge in [0.15, 0.2) is 0 Å². The lowest BCUT2D eigenvalue weighted by atomic mass is 10.1. The number of hydrogen-bond donors (Lipinski definition) is 2. The summed E-state index contributed by atoms with van der Waals surface area (Å²) < 4.78 is 39.1. The molecule has 0 radical (unpaired) electrons. The normalized spacial score (nSPS) is 11.4. The maximum atomic E-state index is 13.0. The molecule has 0 atom stereocenters. The monoisotopic (exact) mass is 407 g/mol. The number of nitrogens with zero attached hydrogens (tertiary/aromatic N) is 1. The van der Waals surface area contributed by atoms with Gasteiger partial charge in [-0.2, -0.15) is 13.2 Å². The van der Waals surface area contributed by atoms with Gasteiger partial charge in [0.05, 0.1) is 24.3 Å². The van der Waals surface area contributed by atoms with Gasteiger partial charge < -0.3 is 10.6 Å². The minimum absolute atomic E-state index is 0.0577. The largest absolute Gasteiger partial charge is 0.418 e. The van der Waals surface area contributed by atoms with Crippen LogP contribution in [-0.4, -0.2) is 36.3 Å². The number of carbonyl (C=O) groups is 2. The molecule has 0 aliphatic carbocycles. The molecule has 0 aliphatic heterocycles. The summed E-state index contributed by atoms with van der Waals surface area (Å²) in [7, 11) is 0. The van der Waals surface area contributed by atoms with Gasteiger partial charge >= 0.3 is 6.18 Å². The zero-order chi connectivity index (χ0) is 21.6. The van der Waals surface area contributed by atoms with E-state index in [0.29, 0.717) is 12.2 Å². The van der Waals surface area contributed by atoms with Crippen LogP contribution in [0.2, 0.25) is 0 Å². The fourth-order valence-corrected chi connectivity index (χ4v) is 2.96. The van der Waals surface area contributed by atoms with Gasteiger partial charge in [0.25, 0.3) is 0 Å². The minimum Gasteiger partial charge on any atom is -0.325 e. The lowest BCUT2D eigenvalue weighted by Crippen LogP contribution is -2.38. The molecule has 2 N–H and O–H groups in total. The lowest BCUT2D eigenvalue weighted by Gasteiger charge is -2.20. The molecule has 29 heavy (non-hydrogen) atoms. The maximum Gasteiger partial charge on any atom is 0.418 e. The van der Waals surface area contributed by atoms with E-state index in [0.717, 1.165) is 17.2 Å². The van der Waals surface area contributed by atoms with Crippen LogP contribution in [0.4, 0.5) is 24.5 Å². The van der Waals surface area contributed by atoms with Gasteiger partial charge in [0, 0.05) is 5.69 Å². The number of likely N-dealkylation sites (N-methyl/N-ethyl adjacent to an activating group) is 1. The van der Waals surface area contributed by atoms with Crippen molar-refractivity contribution in [3.05, 3.63) is 59.2 Å². The van der Waals surface area contributed by atoms with Crippen molar-refractivity contribution in [1.29, 1.82) is 0 Å². The summed E-state index contributed by atoms with van der Waals surface area (Å²) in [6, 6.07) is 10.4. The Kier molecular flexibility index (Phi) is 7.39. The molecule has 0 aliphatic rings. The molecule has 0 spiro atoms. The van der Waals surface area contributed by atoms with Crippen LogP contribution >= 0.6 is 0 Å². The first-order valence-corrected chi connectivity index (χ1v) is 9.15. The summed E-state index contributed by atoms with van der Waals surface area (Å²) in [5, 5.41) is 5.07. The first kappa shape index (κ1) is 22.4. The summed E-state index contributed by atoms with van der Waals surface area (Å²) in [6.07, 6.45) is -4.57. The summed E-state index contributed by atoms with van der Waals surface area (Å²) in [5.74, 6) is -0.928. The van der Waals surface area contributed by atoms with Crippen molar-refractivity contribution < 1.29 is 22.8 Å². The molecule has 0 heterocycles. The first-order valence-electron chi connectivity index (χ1n) is 9.15. The summed E-state index contributed by atoms with van der Waals surface area (Å²) in [4.78, 5) is 26.1. The number of alkyl halides is 3. The highest BCUT2D eigenvalue weighted by molar-refractivity contribution is 5.95. The molecule has 0 saturated carbocycles. The third kappa shape index (κ3) is 6.90. The summed E-state index contributed by atoms with van der Waals surface area (Å²) in [6.45, 7) is 5.73. The minimum atomic E-state index is -4.57. The van der Waals surface area contributed by atoms with E-state index in [1.165, 1.54) is 18.2 Å². The Morgan fingerprint density at radius 1 is 0.931 bits per heavy atom. The molecule has 0 fully saturated rings. The quantitative estimate of drug-likeness (QED) is 0.722. The van der Waals surface area contributed by atoms with Crippen LogP contribution in [-0.2, 0) is 15.8 Å². The molecule has 0 aromatic heterocycles. The highest BCUT2D eigenvalue weighted by atomic mass is 19.4. The Balaban J connectivity index is 1.97. The number of benzene rings is 2. The van der Waals surface area contributed by atoms with E-state index >= 15 is 0 Å². The second kappa shape index (κ2) is 9.56. The second-order valence-corrected chi connectivity index (χ2v) is 6.82. The van der Waals surface area contributed by atoms with Crippen LogP contribution in [0.25, 0.3) is 0 Å². The SMILES string of the molecule is CCN(CC(=O)Nc1cc(C)cc(C)c1)CC(=O)Nc1ccccc1C(F)(F)F. The smallest absolute Gasteiger partial charge is 0.325 e. The number of amides is 2. The van der Waals surface area contributed by atoms with Gasteiger partial charge in [-0.05, 0) is 55.8 Å². The van der Waals surface area contributed by atoms with Gasteiger partial charge in [-0.3, -0.25) is 14.5 Å². The Labute approximate surface area is 167 Å². The number of anilines is 2. The Morgan fingerprint density at radius 2 is 1.48 bits per heavy atom. The Morgan fingerprint density at radius 3 is 2.03 bits per heavy atom. The van der Waals surface area contributed by atoms with E-state index in [2.05, 4.69) is 10.6 Å². The van der Waals surface area contributed by atoms with E-state index in [9.17, 15) is 22.8 Å². The maximum absolute atomic E-state index is 13.0. The van der Waals surface area contributed by atoms with Crippen LogP contribution < -0.4 is 10.6 Å². The highest BCUT2D eigenvalue weighted by Crippen LogP contribution is 2.34. The van der Waals surface area contributed by atoms with Gasteiger partial charge in [-0.1, -0.05) is 25.1 Å². The molecule has 5 nitrogen and oxygen atoms in total. The van der Waals surface area contributed by atoms with Crippen molar-refractivity contribution in [3.8, 4) is 0 Å². The Bertz CT molecular complexity index is 861. The summed E-state index contributed by atoms with van der Waals surface area (Å²) >= 11 is 0. The van der Waals surface area contributed by atoms with Crippen molar-refractivity contribution in [1.82, 2.24) is 4.90 Å². The zero-order valence-electron chi connectivity index (χ0n) is 16.6. The van der Waals surface area contributed by atoms with Crippen LogP contribution in [0.1, 0.15) is 23.6 Å². The molecule has 2 aromatic rings. The molecule has 2 aromatic carbocycles. The average Bonchev–Trinajstić information content (AvgIpc) is 2.59. The van der Waals surface area contributed by atoms with Crippen LogP contribution in [0.5, 0.6) is 0 Å². The number of aryl methyl sites for hydroxylation is 2. The van der Waals surface area contributed by atoms with Crippen molar-refractivity contribution in [2.75, 3.05) is 30.3 Å². The fourth-order valence-electron chi connectivity index (χ4n) is 2.96. The highest BCUT2D eigenvalue weighted by Gasteiger charge is 2.33. The van der Waals surface area contributed by atoms with E-state index in [1.54, 1.807) is 11.8 Å². The number of hydrogen-bond acceptors (Lipinski definition) is 3. The molecule has 2 amide bonds. The van der Waals surface area contributed by atoms with Gasteiger partial charge in [0.1, 0.15) is 0 Å². The lowest BCUT2D eigenvalue weighted by molar-refractivity contribution is -0.137. The second-order valence-electron chi connectivity index (χ2n) is 6.82. The fraction of sp³-hybridized carbons (Fsp3) is 0.333. The first-order chi connectivity index (χ1) is 13.6. The summed E-state index contributed by atoms with van der Waals surface area (Å²) in [5.41, 5.74) is 1.46. The van der Waals surface area contributed by atoms with E-state index in [1.807, 2.05) is 32.0 Å².